The molecular formula is C36H67NO11. The van der Waals surface area contributed by atoms with Crippen LogP contribution in [0.1, 0.15) is 120 Å². The van der Waals surface area contributed by atoms with Gasteiger partial charge in [0.05, 0.1) is 48.1 Å². The van der Waals surface area contributed by atoms with E-state index in [1.165, 1.54) is 20.8 Å². The number of aliphatic hydroxyl groups is 6. The molecule has 0 unspecified atom stereocenters. The van der Waals surface area contributed by atoms with Gasteiger partial charge in [0.25, 0.3) is 0 Å². The van der Waals surface area contributed by atoms with E-state index in [4.69, 9.17) is 14.2 Å². The molecule has 0 aromatic rings. The van der Waals surface area contributed by atoms with E-state index >= 15 is 0 Å². The highest BCUT2D eigenvalue weighted by Gasteiger charge is 2.51. The Morgan fingerprint density at radius 1 is 0.917 bits per heavy atom. The summed E-state index contributed by atoms with van der Waals surface area (Å²) in [4.78, 5) is 28.0. The average molecular weight is 690 g/mol. The Balaban J connectivity index is 2.43. The molecule has 15 atom stereocenters. The van der Waals surface area contributed by atoms with Gasteiger partial charge < -0.3 is 49.7 Å². The number of hydrogen-bond donors (Lipinski definition) is 6. The van der Waals surface area contributed by atoms with Crippen molar-refractivity contribution in [3.63, 3.8) is 0 Å². The lowest BCUT2D eigenvalue weighted by Crippen LogP contribution is -2.61. The fraction of sp³-hybridized carbons (Fsp3) is 0.944. The summed E-state index contributed by atoms with van der Waals surface area (Å²) in [6, 6.07) is -0.624. The Hall–Kier alpha value is -1.38. The van der Waals surface area contributed by atoms with Crippen molar-refractivity contribution in [3.05, 3.63) is 0 Å². The normalized spacial score (nSPS) is 43.7. The van der Waals surface area contributed by atoms with Crippen molar-refractivity contribution in [1.29, 1.82) is 0 Å². The first-order valence-corrected chi connectivity index (χ1v) is 18.2. The summed E-state index contributed by atoms with van der Waals surface area (Å²) in [6.07, 6.45) is -3.59. The molecule has 0 aliphatic carbocycles. The number of carbonyl (C=O) groups excluding carboxylic acids is 2. The van der Waals surface area contributed by atoms with Gasteiger partial charge in [-0.15, -0.1) is 0 Å². The Morgan fingerprint density at radius 3 is 2.10 bits per heavy atom. The maximum atomic E-state index is 13.3. The molecule has 0 bridgehead atoms. The van der Waals surface area contributed by atoms with Crippen LogP contribution in [-0.4, -0.2) is 121 Å². The average Bonchev–Trinajstić information content (AvgIpc) is 3.03. The third kappa shape index (κ3) is 10.3. The third-order valence-corrected chi connectivity index (χ3v) is 11.0. The standard InChI is InChI=1S/C36H67NO11/c1-11-13-14-15-16-17-27(38)37(10)25-18-21(4)46-34(30(25)41)48-32-23(6)29(40)24(7)33(43)47-26(12-2)36(9,45)31(42)22(5)28(39)20(3)19-35(32,8)44/h20-26,28-32,34,39-42,44-45H,11-19H2,1-10H3/t20-,21-,22+,23+,24-,25+,26-,28+,29+,30-,31-,32-,34+,35-,36-/m1/s1. The molecule has 2 rings (SSSR count). The van der Waals surface area contributed by atoms with Gasteiger partial charge in [-0.1, -0.05) is 60.3 Å². The molecule has 12 heteroatoms. The van der Waals surface area contributed by atoms with Crippen molar-refractivity contribution >= 4 is 11.9 Å². The first-order valence-electron chi connectivity index (χ1n) is 18.2. The van der Waals surface area contributed by atoms with E-state index in [2.05, 4.69) is 6.92 Å². The lowest BCUT2D eigenvalue weighted by Gasteiger charge is -2.48. The van der Waals surface area contributed by atoms with Crippen molar-refractivity contribution in [2.45, 2.75) is 186 Å². The van der Waals surface area contributed by atoms with Crippen LogP contribution >= 0.6 is 0 Å². The maximum Gasteiger partial charge on any atom is 0.311 e. The summed E-state index contributed by atoms with van der Waals surface area (Å²) < 4.78 is 18.1. The van der Waals surface area contributed by atoms with E-state index in [1.54, 1.807) is 39.6 Å². The van der Waals surface area contributed by atoms with Crippen LogP contribution < -0.4 is 0 Å². The smallest absolute Gasteiger partial charge is 0.311 e. The minimum Gasteiger partial charge on any atom is -0.459 e. The maximum absolute atomic E-state index is 13.3. The SMILES string of the molecule is CCCCCCCC(=O)N(C)[C@H]1C[C@@H](C)O[C@@H](O[C@@H]2[C@@H](C)[C@H](O)[C@@H](C)C(=O)O[C@H](CC)[C@@](C)(O)[C@H](O)[C@@H](C)[C@@H](O)[C@H](C)C[C@@]2(C)O)[C@@H]1O. The third-order valence-electron chi connectivity index (χ3n) is 11.0. The molecule has 282 valence electrons. The Kier molecular flexibility index (Phi) is 16.2. The number of cyclic esters (lactones) is 1. The number of likely N-dealkylation sites (N-methyl/N-ethyl adjacent to an activating group) is 1. The number of rotatable bonds is 10. The van der Waals surface area contributed by atoms with Crippen LogP contribution in [-0.2, 0) is 23.8 Å². The molecule has 2 fully saturated rings. The topological polar surface area (TPSA) is 186 Å². The Labute approximate surface area is 288 Å². The highest BCUT2D eigenvalue weighted by molar-refractivity contribution is 5.76. The molecule has 0 aromatic carbocycles. The second-order valence-electron chi connectivity index (χ2n) is 15.4. The molecule has 48 heavy (non-hydrogen) atoms. The molecule has 0 spiro atoms. The summed E-state index contributed by atoms with van der Waals surface area (Å²) in [6.45, 7) is 14.9. The van der Waals surface area contributed by atoms with Gasteiger partial charge in [0.15, 0.2) is 6.29 Å². The highest BCUT2D eigenvalue weighted by atomic mass is 16.7. The van der Waals surface area contributed by atoms with Crippen molar-refractivity contribution in [2.24, 2.45) is 23.7 Å². The lowest BCUT2D eigenvalue weighted by atomic mass is 9.73. The molecule has 12 nitrogen and oxygen atoms in total. The first kappa shape index (κ1) is 42.8. The quantitative estimate of drug-likeness (QED) is 0.146. The van der Waals surface area contributed by atoms with Gasteiger partial charge in [0, 0.05) is 25.3 Å². The van der Waals surface area contributed by atoms with Crippen LogP contribution in [0.2, 0.25) is 0 Å². The minimum absolute atomic E-state index is 0.0661. The molecule has 2 saturated heterocycles. The summed E-state index contributed by atoms with van der Waals surface area (Å²) in [5.41, 5.74) is -3.67. The Bertz CT molecular complexity index is 1010. The van der Waals surface area contributed by atoms with Crippen molar-refractivity contribution in [3.8, 4) is 0 Å². The van der Waals surface area contributed by atoms with Crippen molar-refractivity contribution in [2.75, 3.05) is 7.05 Å². The number of hydrogen-bond acceptors (Lipinski definition) is 11. The number of nitrogens with zero attached hydrogens (tertiary/aromatic N) is 1. The van der Waals surface area contributed by atoms with Gasteiger partial charge in [0.1, 0.15) is 17.8 Å². The van der Waals surface area contributed by atoms with E-state index in [0.29, 0.717) is 12.8 Å². The second-order valence-corrected chi connectivity index (χ2v) is 15.4. The number of unbranched alkanes of at least 4 members (excludes halogenated alkanes) is 4. The van der Waals surface area contributed by atoms with E-state index in [0.717, 1.165) is 32.1 Å². The monoisotopic (exact) mass is 689 g/mol. The van der Waals surface area contributed by atoms with Gasteiger partial charge in [-0.3, -0.25) is 9.59 Å². The van der Waals surface area contributed by atoms with Crippen LogP contribution in [0.4, 0.5) is 0 Å². The zero-order valence-electron chi connectivity index (χ0n) is 31.0. The van der Waals surface area contributed by atoms with Crippen molar-refractivity contribution in [1.82, 2.24) is 4.90 Å². The summed E-state index contributed by atoms with van der Waals surface area (Å²) >= 11 is 0. The fourth-order valence-corrected chi connectivity index (χ4v) is 7.70. The highest BCUT2D eigenvalue weighted by Crippen LogP contribution is 2.38. The van der Waals surface area contributed by atoms with Gasteiger partial charge in [0.2, 0.25) is 5.91 Å². The number of ether oxygens (including phenoxy) is 3. The van der Waals surface area contributed by atoms with Crippen molar-refractivity contribution < 1.29 is 54.4 Å². The van der Waals surface area contributed by atoms with Crippen LogP contribution in [0.5, 0.6) is 0 Å². The van der Waals surface area contributed by atoms with Gasteiger partial charge >= 0.3 is 5.97 Å². The molecule has 0 radical (unpaired) electrons. The van der Waals surface area contributed by atoms with Crippen LogP contribution in [0.3, 0.4) is 0 Å². The lowest BCUT2D eigenvalue weighted by molar-refractivity contribution is -0.299. The predicted octanol–water partition coefficient (Wildman–Crippen LogP) is 2.91. The molecule has 0 aromatic heterocycles. The molecule has 0 saturated carbocycles. The zero-order chi connectivity index (χ0) is 36.7. The van der Waals surface area contributed by atoms with E-state index in [9.17, 15) is 40.2 Å². The number of amides is 1. The van der Waals surface area contributed by atoms with Crippen LogP contribution in [0.25, 0.3) is 0 Å². The molecule has 2 aliphatic heterocycles. The molecular weight excluding hydrogens is 622 g/mol. The number of esters is 1. The fourth-order valence-electron chi connectivity index (χ4n) is 7.70. The van der Waals surface area contributed by atoms with E-state index in [1.807, 2.05) is 6.92 Å². The molecule has 1 amide bonds. The second kappa shape index (κ2) is 18.2. The first-order chi connectivity index (χ1) is 22.2. The predicted molar refractivity (Wildman–Crippen MR) is 180 cm³/mol. The van der Waals surface area contributed by atoms with Gasteiger partial charge in [-0.05, 0) is 59.3 Å². The molecule has 2 aliphatic rings. The number of aliphatic hydroxyl groups excluding tert-OH is 4. The summed E-state index contributed by atoms with van der Waals surface area (Å²) in [5, 5.41) is 68.9. The van der Waals surface area contributed by atoms with Crippen LogP contribution in [0.15, 0.2) is 0 Å². The minimum atomic E-state index is -1.91. The molecule has 6 N–H and O–H groups in total. The van der Waals surface area contributed by atoms with Gasteiger partial charge in [-0.2, -0.15) is 0 Å². The largest absolute Gasteiger partial charge is 0.459 e. The summed E-state index contributed by atoms with van der Waals surface area (Å²) in [5.74, 6) is -4.48. The zero-order valence-corrected chi connectivity index (χ0v) is 31.0. The summed E-state index contributed by atoms with van der Waals surface area (Å²) in [7, 11) is 1.66. The van der Waals surface area contributed by atoms with E-state index < -0.39 is 95.9 Å². The van der Waals surface area contributed by atoms with E-state index in [-0.39, 0.29) is 18.7 Å². The van der Waals surface area contributed by atoms with Crippen LogP contribution in [0, 0.1) is 23.7 Å². The number of carbonyl (C=O) groups is 2. The Morgan fingerprint density at radius 2 is 1.52 bits per heavy atom. The van der Waals surface area contributed by atoms with Gasteiger partial charge in [-0.25, -0.2) is 0 Å². The molecule has 2 heterocycles.